The summed E-state index contributed by atoms with van der Waals surface area (Å²) in [6, 6.07) is -1.36. The summed E-state index contributed by atoms with van der Waals surface area (Å²) in [6.07, 6.45) is 0.742. The van der Waals surface area contributed by atoms with Crippen molar-refractivity contribution in [1.29, 1.82) is 5.41 Å². The second kappa shape index (κ2) is 5.82. The molecule has 0 aliphatic carbocycles. The summed E-state index contributed by atoms with van der Waals surface area (Å²) >= 11 is 0. The lowest BCUT2D eigenvalue weighted by Crippen LogP contribution is -2.38. The maximum Gasteiger partial charge on any atom is 0.321 e. The summed E-state index contributed by atoms with van der Waals surface area (Å²) in [5.41, 5.74) is 5.52. The highest BCUT2D eigenvalue weighted by atomic mass is 32.2. The number of nitrogens with two attached hydrogens (primary N) is 1. The fourth-order valence-corrected chi connectivity index (χ4v) is 2.43. The van der Waals surface area contributed by atoms with E-state index >= 15 is 0 Å². The molecule has 0 rings (SSSR count). The van der Waals surface area contributed by atoms with E-state index in [-0.39, 0.29) is 5.75 Å². The molecular weight excluding hydrogens is 220 g/mol. The minimum atomic E-state index is -3.42. The van der Waals surface area contributed by atoms with Gasteiger partial charge in [-0.2, -0.15) is 0 Å². The van der Waals surface area contributed by atoms with Crippen molar-refractivity contribution in [2.45, 2.75) is 25.8 Å². The molecule has 1 unspecified atom stereocenters. The van der Waals surface area contributed by atoms with E-state index in [1.165, 1.54) is 0 Å². The molecule has 0 saturated carbocycles. The smallest absolute Gasteiger partial charge is 0.321 e. The molecule has 4 N–H and O–H groups in total. The van der Waals surface area contributed by atoms with Gasteiger partial charge >= 0.3 is 5.97 Å². The van der Waals surface area contributed by atoms with Gasteiger partial charge in [0.1, 0.15) is 6.04 Å². The fraction of sp³-hybridized carbons (Fsp3) is 0.750. The van der Waals surface area contributed by atoms with Crippen molar-refractivity contribution in [2.24, 2.45) is 5.73 Å². The number of sulfone groups is 1. The minimum absolute atomic E-state index is 0.121. The van der Waals surface area contributed by atoms with Crippen LogP contribution in [-0.2, 0) is 14.6 Å². The lowest BCUT2D eigenvalue weighted by atomic mass is 10.2. The van der Waals surface area contributed by atoms with Crippen LogP contribution in [-0.4, -0.2) is 42.8 Å². The summed E-state index contributed by atoms with van der Waals surface area (Å²) in [7, 11) is -3.42. The van der Waals surface area contributed by atoms with E-state index in [1.54, 1.807) is 6.92 Å². The third kappa shape index (κ3) is 7.03. The molecule has 15 heavy (non-hydrogen) atoms. The van der Waals surface area contributed by atoms with Crippen molar-refractivity contribution < 1.29 is 18.3 Å². The van der Waals surface area contributed by atoms with E-state index < -0.39 is 27.6 Å². The lowest BCUT2D eigenvalue weighted by Gasteiger charge is -2.07. The molecule has 88 valence electrons. The van der Waals surface area contributed by atoms with Crippen molar-refractivity contribution in [1.82, 2.24) is 0 Å². The first-order chi connectivity index (χ1) is 6.74. The number of rotatable bonds is 7. The van der Waals surface area contributed by atoms with Crippen molar-refractivity contribution in [3.63, 3.8) is 0 Å². The van der Waals surface area contributed by atoms with Crippen molar-refractivity contribution >= 4 is 21.5 Å². The van der Waals surface area contributed by atoms with Crippen LogP contribution >= 0.6 is 0 Å². The molecule has 1 atom stereocenters. The van der Waals surface area contributed by atoms with E-state index in [0.717, 1.165) is 0 Å². The van der Waals surface area contributed by atoms with Crippen molar-refractivity contribution in [3.8, 4) is 0 Å². The van der Waals surface area contributed by atoms with Crippen molar-refractivity contribution in [3.05, 3.63) is 0 Å². The van der Waals surface area contributed by atoms with E-state index in [1.807, 2.05) is 0 Å². The zero-order chi connectivity index (χ0) is 12.1. The van der Waals surface area contributed by atoms with Gasteiger partial charge in [0, 0.05) is 5.71 Å². The van der Waals surface area contributed by atoms with Gasteiger partial charge < -0.3 is 16.2 Å². The molecule has 0 aliphatic heterocycles. The number of aliphatic carboxylic acids is 1. The fourth-order valence-electron chi connectivity index (χ4n) is 0.985. The van der Waals surface area contributed by atoms with Crippen LogP contribution in [0.2, 0.25) is 0 Å². The van der Waals surface area contributed by atoms with Gasteiger partial charge in [-0.15, -0.1) is 0 Å². The average molecular weight is 236 g/mol. The maximum atomic E-state index is 11.3. The lowest BCUT2D eigenvalue weighted by molar-refractivity contribution is -0.137. The number of nitrogens with one attached hydrogen (secondary N) is 1. The molecule has 0 aliphatic rings. The molecule has 0 aromatic heterocycles. The summed E-state index contributed by atoms with van der Waals surface area (Å²) in [6.45, 7) is 1.59. The number of carboxylic acids is 1. The Labute approximate surface area is 88.9 Å². The molecule has 0 aromatic rings. The number of hydrogen-bond acceptors (Lipinski definition) is 5. The Morgan fingerprint density at radius 2 is 2.07 bits per heavy atom. The van der Waals surface area contributed by atoms with Crippen LogP contribution in [0.1, 0.15) is 19.8 Å². The highest BCUT2D eigenvalue weighted by Crippen LogP contribution is 2.00. The van der Waals surface area contributed by atoms with Gasteiger partial charge in [0.05, 0.1) is 11.5 Å². The van der Waals surface area contributed by atoms with Crippen molar-refractivity contribution in [2.75, 3.05) is 11.5 Å². The van der Waals surface area contributed by atoms with Gasteiger partial charge in [-0.3, -0.25) is 4.79 Å². The van der Waals surface area contributed by atoms with Crippen LogP contribution in [0.5, 0.6) is 0 Å². The highest BCUT2D eigenvalue weighted by molar-refractivity contribution is 7.91. The predicted octanol–water partition coefficient (Wildman–Crippen LogP) is -0.367. The Morgan fingerprint density at radius 1 is 1.53 bits per heavy atom. The third-order valence-corrected chi connectivity index (χ3v) is 3.54. The van der Waals surface area contributed by atoms with Gasteiger partial charge in [-0.05, 0) is 19.8 Å². The molecular formula is C8H16N2O4S. The van der Waals surface area contributed by atoms with Crippen LogP contribution in [0.4, 0.5) is 0 Å². The topological polar surface area (TPSA) is 121 Å². The van der Waals surface area contributed by atoms with Gasteiger partial charge in [0.15, 0.2) is 9.84 Å². The molecule has 0 amide bonds. The third-order valence-electron chi connectivity index (χ3n) is 1.76. The Morgan fingerprint density at radius 3 is 2.47 bits per heavy atom. The highest BCUT2D eigenvalue weighted by Gasteiger charge is 2.20. The molecule has 0 heterocycles. The van der Waals surface area contributed by atoms with Crippen LogP contribution in [0.15, 0.2) is 0 Å². The SMILES string of the molecule is CC(=N)CCCS(=O)(=O)CC(N)C(=O)O. The molecule has 0 saturated heterocycles. The van der Waals surface area contributed by atoms with Crippen LogP contribution in [0, 0.1) is 5.41 Å². The Balaban J connectivity index is 4.09. The van der Waals surface area contributed by atoms with E-state index in [9.17, 15) is 13.2 Å². The second-order valence-corrected chi connectivity index (χ2v) is 5.67. The first-order valence-electron chi connectivity index (χ1n) is 4.47. The predicted molar refractivity (Wildman–Crippen MR) is 56.9 cm³/mol. The minimum Gasteiger partial charge on any atom is -0.480 e. The standard InChI is InChI=1S/C8H16N2O4S/c1-6(9)3-2-4-15(13,14)5-7(10)8(11)12/h7,9H,2-5,10H2,1H3,(H,11,12). The van der Waals surface area contributed by atoms with Gasteiger partial charge in [0.25, 0.3) is 0 Å². The average Bonchev–Trinajstić information content (AvgIpc) is 2.01. The van der Waals surface area contributed by atoms with Crippen LogP contribution in [0.25, 0.3) is 0 Å². The number of hydrogen-bond donors (Lipinski definition) is 3. The normalized spacial score (nSPS) is 13.5. The van der Waals surface area contributed by atoms with E-state index in [2.05, 4.69) is 0 Å². The molecule has 0 spiro atoms. The second-order valence-electron chi connectivity index (χ2n) is 3.44. The molecule has 0 fully saturated rings. The van der Waals surface area contributed by atoms with Crippen LogP contribution in [0.3, 0.4) is 0 Å². The number of carboxylic acid groups (broad SMARTS) is 1. The first-order valence-corrected chi connectivity index (χ1v) is 6.29. The Hall–Kier alpha value is -0.950. The summed E-state index contributed by atoms with van der Waals surface area (Å²) < 4.78 is 22.6. The molecule has 6 nitrogen and oxygen atoms in total. The summed E-state index contributed by atoms with van der Waals surface area (Å²) in [4.78, 5) is 10.3. The monoisotopic (exact) mass is 236 g/mol. The quantitative estimate of drug-likeness (QED) is 0.521. The number of carbonyl (C=O) groups is 1. The summed E-state index contributed by atoms with van der Waals surface area (Å²) in [5, 5.41) is 15.5. The van der Waals surface area contributed by atoms with Gasteiger partial charge in [-0.25, -0.2) is 8.42 Å². The maximum absolute atomic E-state index is 11.3. The largest absolute Gasteiger partial charge is 0.480 e. The van der Waals surface area contributed by atoms with Gasteiger partial charge in [-0.1, -0.05) is 0 Å². The van der Waals surface area contributed by atoms with E-state index in [4.69, 9.17) is 16.2 Å². The molecule has 0 radical (unpaired) electrons. The summed E-state index contributed by atoms with van der Waals surface area (Å²) in [5.74, 6) is -1.98. The van der Waals surface area contributed by atoms with E-state index in [0.29, 0.717) is 18.6 Å². The molecule has 0 aromatic carbocycles. The van der Waals surface area contributed by atoms with Crippen LogP contribution < -0.4 is 5.73 Å². The molecule has 0 bridgehead atoms. The van der Waals surface area contributed by atoms with Gasteiger partial charge in [0.2, 0.25) is 0 Å². The zero-order valence-corrected chi connectivity index (χ0v) is 9.38. The Bertz CT molecular complexity index is 337. The Kier molecular flexibility index (Phi) is 5.45. The zero-order valence-electron chi connectivity index (χ0n) is 8.56. The first kappa shape index (κ1) is 14.1. The molecule has 7 heteroatoms.